The molecule has 98 valence electrons. The number of hydrogen-bond acceptors (Lipinski definition) is 3. The summed E-state index contributed by atoms with van der Waals surface area (Å²) in [5.41, 5.74) is 1.01. The van der Waals surface area contributed by atoms with Gasteiger partial charge in [0.2, 0.25) is 0 Å². The van der Waals surface area contributed by atoms with Crippen molar-refractivity contribution in [3.63, 3.8) is 0 Å². The number of benzene rings is 1. The summed E-state index contributed by atoms with van der Waals surface area (Å²) < 4.78 is 0. The number of carboxylic acid groups (broad SMARTS) is 1. The number of aromatic nitrogens is 1. The van der Waals surface area contributed by atoms with Crippen molar-refractivity contribution in [3.8, 4) is 0 Å². The highest BCUT2D eigenvalue weighted by molar-refractivity contribution is 6.31. The highest BCUT2D eigenvalue weighted by atomic mass is 35.5. The molecule has 2 aromatic rings. The van der Waals surface area contributed by atoms with E-state index in [4.69, 9.17) is 16.7 Å². The van der Waals surface area contributed by atoms with Crippen molar-refractivity contribution in [2.45, 2.75) is 13.0 Å². The topological polar surface area (TPSA) is 79.3 Å². The molecule has 0 saturated heterocycles. The summed E-state index contributed by atoms with van der Waals surface area (Å²) in [4.78, 5) is 26.6. The predicted molar refractivity (Wildman–Crippen MR) is 71.3 cm³/mol. The molecule has 1 aromatic heterocycles. The molecule has 0 bridgehead atoms. The number of carbonyl (C=O) groups excluding carboxylic acids is 1. The van der Waals surface area contributed by atoms with Gasteiger partial charge < -0.3 is 10.4 Å². The molecule has 19 heavy (non-hydrogen) atoms. The Labute approximate surface area is 114 Å². The van der Waals surface area contributed by atoms with Crippen LogP contribution < -0.4 is 5.32 Å². The Morgan fingerprint density at radius 3 is 2.79 bits per heavy atom. The van der Waals surface area contributed by atoms with E-state index in [9.17, 15) is 9.59 Å². The van der Waals surface area contributed by atoms with Crippen molar-refractivity contribution >= 4 is 34.4 Å². The fraction of sp³-hybridized carbons (Fsp3) is 0.154. The third-order valence-corrected chi connectivity index (χ3v) is 2.86. The summed E-state index contributed by atoms with van der Waals surface area (Å²) in [6.07, 6.45) is 1.40. The van der Waals surface area contributed by atoms with Crippen LogP contribution in [0.2, 0.25) is 5.02 Å². The van der Waals surface area contributed by atoms with Gasteiger partial charge in [-0.15, -0.1) is 0 Å². The van der Waals surface area contributed by atoms with Gasteiger partial charge in [0.05, 0.1) is 11.1 Å². The van der Waals surface area contributed by atoms with Crippen molar-refractivity contribution in [2.24, 2.45) is 0 Å². The first-order chi connectivity index (χ1) is 8.97. The first-order valence-electron chi connectivity index (χ1n) is 5.56. The first-order valence-corrected chi connectivity index (χ1v) is 5.94. The lowest BCUT2D eigenvalue weighted by Crippen LogP contribution is -2.38. The number of nitrogens with one attached hydrogen (secondary N) is 1. The minimum Gasteiger partial charge on any atom is -0.480 e. The molecule has 2 N–H and O–H groups in total. The third kappa shape index (κ3) is 3.00. The maximum absolute atomic E-state index is 11.8. The first kappa shape index (κ1) is 13.3. The van der Waals surface area contributed by atoms with E-state index in [0.717, 1.165) is 5.39 Å². The molecule has 0 fully saturated rings. The zero-order valence-corrected chi connectivity index (χ0v) is 10.8. The van der Waals surface area contributed by atoms with Gasteiger partial charge in [-0.05, 0) is 31.2 Å². The molecular weight excluding hydrogens is 268 g/mol. The number of amides is 1. The molecule has 1 aromatic carbocycles. The average Bonchev–Trinajstić information content (AvgIpc) is 2.37. The van der Waals surface area contributed by atoms with Gasteiger partial charge in [0.1, 0.15) is 6.04 Å². The molecule has 1 unspecified atom stereocenters. The number of fused-ring (bicyclic) bond motifs is 1. The Balaban J connectivity index is 2.30. The van der Waals surface area contributed by atoms with E-state index >= 15 is 0 Å². The molecule has 5 nitrogen and oxygen atoms in total. The summed E-state index contributed by atoms with van der Waals surface area (Å²) in [5.74, 6) is -1.57. The average molecular weight is 279 g/mol. The second-order valence-electron chi connectivity index (χ2n) is 4.09. The molecule has 1 atom stereocenters. The van der Waals surface area contributed by atoms with Crippen molar-refractivity contribution in [2.75, 3.05) is 0 Å². The number of pyridine rings is 1. The van der Waals surface area contributed by atoms with Gasteiger partial charge in [-0.1, -0.05) is 11.6 Å². The van der Waals surface area contributed by atoms with Crippen molar-refractivity contribution < 1.29 is 14.7 Å². The van der Waals surface area contributed by atoms with Crippen LogP contribution in [-0.2, 0) is 4.79 Å². The molecule has 0 aliphatic rings. The minimum absolute atomic E-state index is 0.294. The zero-order valence-electron chi connectivity index (χ0n) is 10.1. The Bertz CT molecular complexity index is 657. The predicted octanol–water partition coefficient (Wildman–Crippen LogP) is 2.09. The van der Waals surface area contributed by atoms with E-state index in [0.29, 0.717) is 16.1 Å². The molecule has 0 radical (unpaired) electrons. The summed E-state index contributed by atoms with van der Waals surface area (Å²) in [6.45, 7) is 1.39. The van der Waals surface area contributed by atoms with E-state index in [1.165, 1.54) is 13.1 Å². The van der Waals surface area contributed by atoms with Crippen LogP contribution in [0.25, 0.3) is 10.9 Å². The second kappa shape index (κ2) is 5.24. The number of hydrogen-bond donors (Lipinski definition) is 2. The largest absolute Gasteiger partial charge is 0.480 e. The van der Waals surface area contributed by atoms with E-state index in [1.54, 1.807) is 24.3 Å². The van der Waals surface area contributed by atoms with E-state index in [-0.39, 0.29) is 0 Å². The number of halogens is 1. The Morgan fingerprint density at radius 1 is 1.37 bits per heavy atom. The Morgan fingerprint density at radius 2 is 2.11 bits per heavy atom. The monoisotopic (exact) mass is 278 g/mol. The molecule has 6 heteroatoms. The summed E-state index contributed by atoms with van der Waals surface area (Å²) >= 11 is 5.87. The number of carboxylic acids is 1. The number of carbonyl (C=O) groups is 2. The van der Waals surface area contributed by atoms with Gasteiger partial charge in [0.15, 0.2) is 0 Å². The summed E-state index contributed by atoms with van der Waals surface area (Å²) in [5, 5.41) is 12.4. The van der Waals surface area contributed by atoms with Gasteiger partial charge in [-0.2, -0.15) is 0 Å². The quantitative estimate of drug-likeness (QED) is 0.901. The van der Waals surface area contributed by atoms with Crippen LogP contribution >= 0.6 is 11.6 Å². The maximum Gasteiger partial charge on any atom is 0.325 e. The van der Waals surface area contributed by atoms with Gasteiger partial charge in [0.25, 0.3) is 5.91 Å². The van der Waals surface area contributed by atoms with Crippen LogP contribution in [0.15, 0.2) is 30.5 Å². The summed E-state index contributed by atoms with van der Waals surface area (Å²) in [7, 11) is 0. The maximum atomic E-state index is 11.8. The number of aliphatic carboxylic acids is 1. The van der Waals surface area contributed by atoms with E-state index in [1.807, 2.05) is 0 Å². The highest BCUT2D eigenvalue weighted by Crippen LogP contribution is 2.18. The van der Waals surface area contributed by atoms with Crippen LogP contribution in [0, 0.1) is 0 Å². The van der Waals surface area contributed by atoms with Crippen LogP contribution in [-0.4, -0.2) is 28.0 Å². The smallest absolute Gasteiger partial charge is 0.325 e. The molecule has 1 amide bonds. The van der Waals surface area contributed by atoms with Gasteiger partial charge in [-0.3, -0.25) is 14.6 Å². The van der Waals surface area contributed by atoms with Crippen LogP contribution in [0.4, 0.5) is 0 Å². The van der Waals surface area contributed by atoms with Crippen molar-refractivity contribution in [3.05, 3.63) is 41.0 Å². The molecule has 1 heterocycles. The third-order valence-electron chi connectivity index (χ3n) is 2.62. The van der Waals surface area contributed by atoms with Gasteiger partial charge >= 0.3 is 5.97 Å². The minimum atomic E-state index is -1.09. The lowest BCUT2D eigenvalue weighted by molar-refractivity contribution is -0.138. The normalized spacial score (nSPS) is 12.1. The van der Waals surface area contributed by atoms with Crippen LogP contribution in [0.1, 0.15) is 17.3 Å². The second-order valence-corrected chi connectivity index (χ2v) is 4.53. The molecule has 2 rings (SSSR count). The van der Waals surface area contributed by atoms with Crippen LogP contribution in [0.5, 0.6) is 0 Å². The molecule has 0 spiro atoms. The lowest BCUT2D eigenvalue weighted by atomic mass is 10.1. The molecule has 0 aliphatic carbocycles. The SMILES string of the molecule is CC(NC(=O)c1cnc2ccc(Cl)cc2c1)C(=O)O. The molecule has 0 aliphatic heterocycles. The van der Waals surface area contributed by atoms with Gasteiger partial charge in [-0.25, -0.2) is 0 Å². The Hall–Kier alpha value is -2.14. The van der Waals surface area contributed by atoms with Crippen molar-refractivity contribution in [1.82, 2.24) is 10.3 Å². The standard InChI is InChI=1S/C13H11ClN2O3/c1-7(13(18)19)16-12(17)9-4-8-5-10(14)2-3-11(8)15-6-9/h2-7H,1H3,(H,16,17)(H,18,19). The Kier molecular flexibility index (Phi) is 3.66. The molecule has 0 saturated carbocycles. The fourth-order valence-corrected chi connectivity index (χ4v) is 1.75. The summed E-state index contributed by atoms with van der Waals surface area (Å²) in [6, 6.07) is 5.82. The number of rotatable bonds is 3. The van der Waals surface area contributed by atoms with Crippen LogP contribution in [0.3, 0.4) is 0 Å². The molecular formula is C13H11ClN2O3. The van der Waals surface area contributed by atoms with Gasteiger partial charge in [0, 0.05) is 16.6 Å². The lowest BCUT2D eigenvalue weighted by Gasteiger charge is -2.09. The number of nitrogens with zero attached hydrogens (tertiary/aromatic N) is 1. The van der Waals surface area contributed by atoms with Crippen molar-refractivity contribution in [1.29, 1.82) is 0 Å². The van der Waals surface area contributed by atoms with E-state index < -0.39 is 17.9 Å². The highest BCUT2D eigenvalue weighted by Gasteiger charge is 2.15. The fourth-order valence-electron chi connectivity index (χ4n) is 1.57. The zero-order chi connectivity index (χ0) is 14.0. The van der Waals surface area contributed by atoms with E-state index in [2.05, 4.69) is 10.3 Å².